The number of carbonyl (C=O) groups excluding carboxylic acids is 1. The number of aryl methyl sites for hydroxylation is 1. The third-order valence-corrected chi connectivity index (χ3v) is 5.06. The van der Waals surface area contributed by atoms with Gasteiger partial charge in [-0.1, -0.05) is 0 Å². The van der Waals surface area contributed by atoms with Crippen molar-refractivity contribution in [3.8, 4) is 22.6 Å². The van der Waals surface area contributed by atoms with E-state index in [9.17, 15) is 9.18 Å². The van der Waals surface area contributed by atoms with Gasteiger partial charge in [-0.25, -0.2) is 28.8 Å². The molecule has 1 N–H and O–H groups in total. The van der Waals surface area contributed by atoms with Gasteiger partial charge in [-0.3, -0.25) is 4.79 Å². The number of aromatic nitrogens is 7. The van der Waals surface area contributed by atoms with E-state index in [2.05, 4.69) is 30.4 Å². The third-order valence-electron chi connectivity index (χ3n) is 5.06. The van der Waals surface area contributed by atoms with Gasteiger partial charge in [0, 0.05) is 18.8 Å². The second-order valence-corrected chi connectivity index (χ2v) is 7.12. The summed E-state index contributed by atoms with van der Waals surface area (Å²) in [5.74, 6) is 0.442. The van der Waals surface area contributed by atoms with Gasteiger partial charge in [-0.15, -0.1) is 0 Å². The van der Waals surface area contributed by atoms with Crippen LogP contribution >= 0.6 is 0 Å². The molecule has 1 aromatic carbocycles. The molecule has 5 aromatic rings. The lowest BCUT2D eigenvalue weighted by atomic mass is 10.1. The molecule has 0 saturated heterocycles. The van der Waals surface area contributed by atoms with Crippen LogP contribution in [0.15, 0.2) is 61.2 Å². The molecule has 4 aromatic heterocycles. The van der Waals surface area contributed by atoms with Crippen LogP contribution in [0.25, 0.3) is 28.3 Å². The summed E-state index contributed by atoms with van der Waals surface area (Å²) in [6.07, 6.45) is 4.42. The molecule has 0 unspecified atom stereocenters. The molecular weight excluding hydrogens is 411 g/mol. The lowest BCUT2D eigenvalue weighted by Crippen LogP contribution is -2.13. The van der Waals surface area contributed by atoms with Crippen LogP contribution in [0.1, 0.15) is 16.3 Å². The number of benzene rings is 1. The van der Waals surface area contributed by atoms with Crippen molar-refractivity contribution in [2.24, 2.45) is 7.05 Å². The SMILES string of the molecule is Cc1nc(-c2ccc(F)cc2)c(-c2ccc3nc(NC(=O)c4ccncn4)cn3n2)n1C. The molecule has 32 heavy (non-hydrogen) atoms. The minimum Gasteiger partial charge on any atom is -0.330 e. The van der Waals surface area contributed by atoms with Gasteiger partial charge in [0.1, 0.15) is 29.4 Å². The van der Waals surface area contributed by atoms with Crippen LogP contribution in [0.4, 0.5) is 10.2 Å². The Kier molecular flexibility index (Phi) is 4.66. The molecular formula is C22H17FN8O. The number of anilines is 1. The molecule has 9 nitrogen and oxygen atoms in total. The number of imidazole rings is 2. The molecule has 0 spiro atoms. The van der Waals surface area contributed by atoms with Crippen LogP contribution in [0, 0.1) is 12.7 Å². The number of hydrogen-bond donors (Lipinski definition) is 1. The first-order valence-corrected chi connectivity index (χ1v) is 9.73. The summed E-state index contributed by atoms with van der Waals surface area (Å²) < 4.78 is 16.9. The zero-order valence-corrected chi connectivity index (χ0v) is 17.2. The number of halogens is 1. The summed E-state index contributed by atoms with van der Waals surface area (Å²) in [6.45, 7) is 1.90. The highest BCUT2D eigenvalue weighted by molar-refractivity contribution is 6.02. The zero-order chi connectivity index (χ0) is 22.2. The Morgan fingerprint density at radius 1 is 1.06 bits per heavy atom. The van der Waals surface area contributed by atoms with Crippen LogP contribution in [-0.4, -0.2) is 40.0 Å². The maximum atomic E-state index is 13.4. The average molecular weight is 428 g/mol. The van der Waals surface area contributed by atoms with E-state index in [1.165, 1.54) is 30.7 Å². The summed E-state index contributed by atoms with van der Waals surface area (Å²) >= 11 is 0. The monoisotopic (exact) mass is 428 g/mol. The molecule has 0 radical (unpaired) electrons. The second-order valence-electron chi connectivity index (χ2n) is 7.12. The highest BCUT2D eigenvalue weighted by Gasteiger charge is 2.18. The van der Waals surface area contributed by atoms with Crippen molar-refractivity contribution in [2.75, 3.05) is 5.32 Å². The normalized spacial score (nSPS) is 11.1. The van der Waals surface area contributed by atoms with E-state index < -0.39 is 5.91 Å². The number of fused-ring (bicyclic) bond motifs is 1. The number of carbonyl (C=O) groups is 1. The topological polar surface area (TPSA) is 103 Å². The number of hydrogen-bond acceptors (Lipinski definition) is 6. The van der Waals surface area contributed by atoms with Crippen LogP contribution in [0.5, 0.6) is 0 Å². The standard InChI is InChI=1S/C22H17FN8O/c1-13-26-20(14-3-5-15(23)6-4-14)21(30(13)2)16-7-8-19-27-18(11-31(19)29-16)28-22(32)17-9-10-24-12-25-17/h3-12H,1-2H3,(H,28,32). The van der Waals surface area contributed by atoms with Gasteiger partial charge in [-0.05, 0) is 49.4 Å². The van der Waals surface area contributed by atoms with Gasteiger partial charge in [0.05, 0.1) is 17.6 Å². The van der Waals surface area contributed by atoms with Crippen molar-refractivity contribution in [1.82, 2.24) is 34.1 Å². The average Bonchev–Trinajstić information content (AvgIpc) is 3.34. The number of nitrogens with one attached hydrogen (secondary N) is 1. The highest BCUT2D eigenvalue weighted by atomic mass is 19.1. The van der Waals surface area contributed by atoms with Gasteiger partial charge in [0.25, 0.3) is 5.91 Å². The lowest BCUT2D eigenvalue weighted by molar-refractivity contribution is 0.102. The molecule has 0 bridgehead atoms. The van der Waals surface area contributed by atoms with Crippen LogP contribution < -0.4 is 5.32 Å². The van der Waals surface area contributed by atoms with E-state index in [1.807, 2.05) is 24.6 Å². The van der Waals surface area contributed by atoms with E-state index in [0.29, 0.717) is 22.9 Å². The molecule has 0 saturated carbocycles. The molecule has 0 atom stereocenters. The van der Waals surface area contributed by atoms with Gasteiger partial charge < -0.3 is 9.88 Å². The van der Waals surface area contributed by atoms with Crippen LogP contribution in [0.3, 0.4) is 0 Å². The molecule has 0 aliphatic heterocycles. The zero-order valence-electron chi connectivity index (χ0n) is 17.2. The van der Waals surface area contributed by atoms with Gasteiger partial charge >= 0.3 is 0 Å². The van der Waals surface area contributed by atoms with Gasteiger partial charge in [0.15, 0.2) is 11.5 Å². The van der Waals surface area contributed by atoms with E-state index in [0.717, 1.165) is 17.1 Å². The highest BCUT2D eigenvalue weighted by Crippen LogP contribution is 2.31. The summed E-state index contributed by atoms with van der Waals surface area (Å²) in [5.41, 5.74) is 3.74. The summed E-state index contributed by atoms with van der Waals surface area (Å²) in [4.78, 5) is 29.1. The minimum absolute atomic E-state index is 0.236. The third kappa shape index (κ3) is 3.47. The molecule has 10 heteroatoms. The van der Waals surface area contributed by atoms with Crippen molar-refractivity contribution in [1.29, 1.82) is 0 Å². The number of rotatable bonds is 4. The first-order chi connectivity index (χ1) is 15.5. The van der Waals surface area contributed by atoms with Crippen molar-refractivity contribution in [2.45, 2.75) is 6.92 Å². The van der Waals surface area contributed by atoms with Crippen molar-refractivity contribution < 1.29 is 9.18 Å². The number of nitrogens with zero attached hydrogens (tertiary/aromatic N) is 7. The Morgan fingerprint density at radius 2 is 1.88 bits per heavy atom. The van der Waals surface area contributed by atoms with E-state index >= 15 is 0 Å². The molecule has 0 fully saturated rings. The van der Waals surface area contributed by atoms with Crippen LogP contribution in [0.2, 0.25) is 0 Å². The molecule has 158 valence electrons. The Morgan fingerprint density at radius 3 is 2.62 bits per heavy atom. The maximum Gasteiger partial charge on any atom is 0.275 e. The summed E-state index contributed by atoms with van der Waals surface area (Å²) in [6, 6.07) is 11.4. The van der Waals surface area contributed by atoms with Crippen molar-refractivity contribution in [3.63, 3.8) is 0 Å². The number of amides is 1. The van der Waals surface area contributed by atoms with Crippen molar-refractivity contribution >= 4 is 17.4 Å². The van der Waals surface area contributed by atoms with E-state index in [-0.39, 0.29) is 11.5 Å². The van der Waals surface area contributed by atoms with E-state index in [1.54, 1.807) is 28.9 Å². The molecule has 1 amide bonds. The Bertz CT molecular complexity index is 1440. The molecule has 5 rings (SSSR count). The predicted octanol–water partition coefficient (Wildman–Crippen LogP) is 3.29. The van der Waals surface area contributed by atoms with Gasteiger partial charge in [0.2, 0.25) is 0 Å². The molecule has 4 heterocycles. The maximum absolute atomic E-state index is 13.4. The largest absolute Gasteiger partial charge is 0.330 e. The summed E-state index contributed by atoms with van der Waals surface area (Å²) in [7, 11) is 1.90. The smallest absolute Gasteiger partial charge is 0.275 e. The van der Waals surface area contributed by atoms with Crippen LogP contribution in [-0.2, 0) is 7.05 Å². The van der Waals surface area contributed by atoms with Crippen molar-refractivity contribution in [3.05, 3.63) is 78.5 Å². The first kappa shape index (κ1) is 19.5. The quantitative estimate of drug-likeness (QED) is 0.471. The minimum atomic E-state index is -0.392. The molecule has 0 aliphatic rings. The predicted molar refractivity (Wildman–Crippen MR) is 115 cm³/mol. The Hall–Kier alpha value is -4.47. The van der Waals surface area contributed by atoms with Gasteiger partial charge in [-0.2, -0.15) is 5.10 Å². The fourth-order valence-corrected chi connectivity index (χ4v) is 3.39. The first-order valence-electron chi connectivity index (χ1n) is 9.73. The summed E-state index contributed by atoms with van der Waals surface area (Å²) in [5, 5.41) is 7.38. The Balaban J connectivity index is 1.52. The molecule has 0 aliphatic carbocycles. The second kappa shape index (κ2) is 7.65. The van der Waals surface area contributed by atoms with E-state index in [4.69, 9.17) is 0 Å². The Labute approximate surface area is 181 Å². The lowest BCUT2D eigenvalue weighted by Gasteiger charge is -2.07. The fraction of sp³-hybridized carbons (Fsp3) is 0.0909. The fourth-order valence-electron chi connectivity index (χ4n) is 3.39.